The third-order valence-electron chi connectivity index (χ3n) is 2.91. The summed E-state index contributed by atoms with van der Waals surface area (Å²) in [5.74, 6) is 0.769. The van der Waals surface area contributed by atoms with Crippen molar-refractivity contribution in [1.29, 1.82) is 0 Å². The molecule has 1 atom stereocenters. The average Bonchev–Trinajstić information content (AvgIpc) is 2.30. The molecule has 0 amide bonds. The molecule has 1 unspecified atom stereocenters. The summed E-state index contributed by atoms with van der Waals surface area (Å²) in [6.07, 6.45) is 0. The Morgan fingerprint density at radius 3 is 2.67 bits per heavy atom. The minimum absolute atomic E-state index is 0.296. The van der Waals surface area contributed by atoms with Crippen LogP contribution >= 0.6 is 19.0 Å². The fraction of sp³-hybridized carbons (Fsp3) is 0.0769. The summed E-state index contributed by atoms with van der Waals surface area (Å²) in [6.45, 7) is 1.87. The monoisotopic (exact) mass is 280 g/mol. The van der Waals surface area contributed by atoms with Gasteiger partial charge in [-0.3, -0.25) is 4.57 Å². The molecule has 2 aromatic rings. The maximum absolute atomic E-state index is 12.6. The topological polar surface area (TPSA) is 46.5 Å². The Bertz CT molecular complexity index is 697. The van der Waals surface area contributed by atoms with Crippen molar-refractivity contribution < 1.29 is 14.2 Å². The fourth-order valence-electron chi connectivity index (χ4n) is 2.02. The van der Waals surface area contributed by atoms with E-state index in [9.17, 15) is 9.46 Å². The van der Waals surface area contributed by atoms with Gasteiger partial charge in [0.25, 0.3) is 7.37 Å². The van der Waals surface area contributed by atoms with Gasteiger partial charge in [0.1, 0.15) is 11.5 Å². The van der Waals surface area contributed by atoms with Crippen LogP contribution in [0.25, 0.3) is 0 Å². The van der Waals surface area contributed by atoms with Crippen LogP contribution in [0.1, 0.15) is 5.56 Å². The van der Waals surface area contributed by atoms with Gasteiger partial charge in [0, 0.05) is 11.1 Å². The van der Waals surface area contributed by atoms with Crippen LogP contribution in [0.3, 0.4) is 0 Å². The van der Waals surface area contributed by atoms with Crippen molar-refractivity contribution in [2.75, 3.05) is 0 Å². The highest BCUT2D eigenvalue weighted by molar-refractivity contribution is 7.74. The summed E-state index contributed by atoms with van der Waals surface area (Å²) in [5.41, 5.74) is 0.920. The third kappa shape index (κ3) is 1.67. The maximum Gasteiger partial charge on any atom is 0.266 e. The second-order valence-electron chi connectivity index (χ2n) is 4.26. The predicted octanol–water partition coefficient (Wildman–Crippen LogP) is 2.98. The average molecular weight is 281 g/mol. The zero-order chi connectivity index (χ0) is 12.9. The smallest absolute Gasteiger partial charge is 0.266 e. The van der Waals surface area contributed by atoms with E-state index in [1.165, 1.54) is 0 Å². The van der Waals surface area contributed by atoms with Crippen molar-refractivity contribution >= 4 is 29.6 Å². The first kappa shape index (κ1) is 11.8. The Morgan fingerprint density at radius 1 is 1.11 bits per heavy atom. The third-order valence-corrected chi connectivity index (χ3v) is 5.17. The van der Waals surface area contributed by atoms with Gasteiger partial charge in [-0.2, -0.15) is 0 Å². The molecule has 0 radical (unpaired) electrons. The van der Waals surface area contributed by atoms with Gasteiger partial charge in [0.2, 0.25) is 0 Å². The van der Waals surface area contributed by atoms with Crippen LogP contribution in [0.4, 0.5) is 0 Å². The molecule has 0 aromatic heterocycles. The van der Waals surface area contributed by atoms with E-state index >= 15 is 0 Å². The summed E-state index contributed by atoms with van der Waals surface area (Å²) in [7, 11) is -3.60. The van der Waals surface area contributed by atoms with Gasteiger partial charge in [-0.1, -0.05) is 23.2 Å². The molecule has 1 aliphatic heterocycles. The van der Waals surface area contributed by atoms with Crippen LogP contribution in [0.5, 0.6) is 11.5 Å². The first-order chi connectivity index (χ1) is 8.48. The maximum atomic E-state index is 12.6. The molecule has 0 saturated carbocycles. The number of rotatable bonds is 0. The van der Waals surface area contributed by atoms with Gasteiger partial charge in [-0.05, 0) is 31.2 Å². The molecule has 0 spiro atoms. The van der Waals surface area contributed by atoms with Gasteiger partial charge in [-0.15, -0.1) is 0 Å². The number of benzene rings is 2. The number of ether oxygens (including phenoxy) is 1. The number of halogens is 1. The second kappa shape index (κ2) is 3.86. The first-order valence-electron chi connectivity index (χ1n) is 5.40. The molecular formula is C13H10ClO3P. The van der Waals surface area contributed by atoms with Crippen molar-refractivity contribution in [2.45, 2.75) is 6.92 Å². The quantitative estimate of drug-likeness (QED) is 0.755. The summed E-state index contributed by atoms with van der Waals surface area (Å²) < 4.78 is 18.2. The molecule has 18 heavy (non-hydrogen) atoms. The number of hydrogen-bond acceptors (Lipinski definition) is 2. The van der Waals surface area contributed by atoms with Gasteiger partial charge in [0.15, 0.2) is 0 Å². The molecular weight excluding hydrogens is 271 g/mol. The van der Waals surface area contributed by atoms with Gasteiger partial charge in [-0.25, -0.2) is 0 Å². The van der Waals surface area contributed by atoms with Crippen molar-refractivity contribution in [3.05, 3.63) is 47.0 Å². The Kier molecular flexibility index (Phi) is 2.53. The molecule has 2 aromatic carbocycles. The molecule has 0 bridgehead atoms. The van der Waals surface area contributed by atoms with Gasteiger partial charge < -0.3 is 9.63 Å². The number of aryl methyl sites for hydroxylation is 1. The molecule has 3 nitrogen and oxygen atoms in total. The van der Waals surface area contributed by atoms with E-state index in [-0.39, 0.29) is 0 Å². The normalized spacial score (nSPS) is 20.8. The van der Waals surface area contributed by atoms with Crippen LogP contribution in [-0.4, -0.2) is 4.89 Å². The summed E-state index contributed by atoms with van der Waals surface area (Å²) in [5, 5.41) is 1.12. The molecule has 0 saturated heterocycles. The predicted molar refractivity (Wildman–Crippen MR) is 71.8 cm³/mol. The molecule has 1 aliphatic rings. The zero-order valence-corrected chi connectivity index (χ0v) is 11.2. The molecule has 92 valence electrons. The van der Waals surface area contributed by atoms with Crippen LogP contribution in [-0.2, 0) is 4.57 Å². The van der Waals surface area contributed by atoms with E-state index in [2.05, 4.69) is 0 Å². The first-order valence-corrected chi connectivity index (χ1v) is 7.44. The lowest BCUT2D eigenvalue weighted by atomic mass is 10.2. The SMILES string of the molecule is Cc1ccc2c(c1)P(=O)(O)c1ccc(Cl)cc1O2. The van der Waals surface area contributed by atoms with E-state index in [4.69, 9.17) is 16.3 Å². The van der Waals surface area contributed by atoms with E-state index in [1.807, 2.05) is 13.0 Å². The molecule has 1 N–H and O–H groups in total. The number of fused-ring (bicyclic) bond motifs is 2. The highest BCUT2D eigenvalue weighted by Gasteiger charge is 2.35. The van der Waals surface area contributed by atoms with Crippen LogP contribution in [0, 0.1) is 6.92 Å². The van der Waals surface area contributed by atoms with Crippen molar-refractivity contribution in [3.63, 3.8) is 0 Å². The van der Waals surface area contributed by atoms with Crippen molar-refractivity contribution in [2.24, 2.45) is 0 Å². The van der Waals surface area contributed by atoms with Crippen molar-refractivity contribution in [1.82, 2.24) is 0 Å². The standard InChI is InChI=1S/C13H10ClO3P/c1-8-2-4-10-13(6-8)18(15,16)12-5-3-9(14)7-11(12)17-10/h2-7H,1H3,(H,15,16). The van der Waals surface area contributed by atoms with Gasteiger partial charge in [0.05, 0.1) is 10.6 Å². The van der Waals surface area contributed by atoms with E-state index in [0.29, 0.717) is 27.1 Å². The minimum Gasteiger partial charge on any atom is -0.456 e. The Labute approximate surface area is 109 Å². The van der Waals surface area contributed by atoms with Gasteiger partial charge >= 0.3 is 0 Å². The Balaban J connectivity index is 2.30. The van der Waals surface area contributed by atoms with E-state index in [1.54, 1.807) is 30.3 Å². The molecule has 0 fully saturated rings. The number of hydrogen-bond donors (Lipinski definition) is 1. The lowest BCUT2D eigenvalue weighted by Crippen LogP contribution is -2.24. The Morgan fingerprint density at radius 2 is 1.89 bits per heavy atom. The molecule has 1 heterocycles. The lowest BCUT2D eigenvalue weighted by Gasteiger charge is -2.24. The highest BCUT2D eigenvalue weighted by atomic mass is 35.5. The lowest BCUT2D eigenvalue weighted by molar-refractivity contribution is 0.465. The zero-order valence-electron chi connectivity index (χ0n) is 9.55. The second-order valence-corrected chi connectivity index (χ2v) is 6.81. The fourth-order valence-corrected chi connectivity index (χ4v) is 3.92. The Hall–Kier alpha value is -1.28. The molecule has 3 rings (SSSR count). The summed E-state index contributed by atoms with van der Waals surface area (Å²) >= 11 is 5.87. The largest absolute Gasteiger partial charge is 0.456 e. The molecule has 5 heteroatoms. The van der Waals surface area contributed by atoms with E-state index in [0.717, 1.165) is 5.56 Å². The van der Waals surface area contributed by atoms with Crippen LogP contribution in [0.15, 0.2) is 36.4 Å². The molecule has 0 aliphatic carbocycles. The van der Waals surface area contributed by atoms with E-state index < -0.39 is 7.37 Å². The minimum atomic E-state index is -3.60. The van der Waals surface area contributed by atoms with Crippen LogP contribution < -0.4 is 15.3 Å². The highest BCUT2D eigenvalue weighted by Crippen LogP contribution is 2.49. The summed E-state index contributed by atoms with van der Waals surface area (Å²) in [6, 6.07) is 9.93. The van der Waals surface area contributed by atoms with Crippen LogP contribution in [0.2, 0.25) is 5.02 Å². The van der Waals surface area contributed by atoms with Crippen molar-refractivity contribution in [3.8, 4) is 11.5 Å². The summed E-state index contributed by atoms with van der Waals surface area (Å²) in [4.78, 5) is 10.3.